The van der Waals surface area contributed by atoms with E-state index in [0.29, 0.717) is 12.1 Å². The largest absolute Gasteiger partial charge is 0.458 e. The number of nitrogens with zero attached hydrogens (tertiary/aromatic N) is 1. The molecule has 2 rings (SSSR count). The van der Waals surface area contributed by atoms with Crippen LogP contribution in [0.5, 0.6) is 0 Å². The van der Waals surface area contributed by atoms with Gasteiger partial charge in [0.1, 0.15) is 4.60 Å². The fourth-order valence-corrected chi connectivity index (χ4v) is 1.91. The van der Waals surface area contributed by atoms with Gasteiger partial charge in [0.25, 0.3) is 5.56 Å². The number of H-pyrrole nitrogens is 1. The third-order valence-electron chi connectivity index (χ3n) is 2.46. The van der Waals surface area contributed by atoms with Gasteiger partial charge in [0.15, 0.2) is 0 Å². The van der Waals surface area contributed by atoms with Crippen LogP contribution in [-0.2, 0) is 5.92 Å². The Balaban J connectivity index is 2.73. The summed E-state index contributed by atoms with van der Waals surface area (Å²) in [4.78, 5) is 11.3. The van der Waals surface area contributed by atoms with E-state index in [1.54, 1.807) is 0 Å². The molecule has 102 valence electrons. The van der Waals surface area contributed by atoms with Gasteiger partial charge in [0, 0.05) is 10.9 Å². The molecule has 0 atom stereocenters. The summed E-state index contributed by atoms with van der Waals surface area (Å²) in [5.74, 6) is -5.00. The molecule has 0 bridgehead atoms. The van der Waals surface area contributed by atoms with E-state index >= 15 is 0 Å². The van der Waals surface area contributed by atoms with Gasteiger partial charge in [-0.1, -0.05) is 6.07 Å². The lowest BCUT2D eigenvalue weighted by Crippen LogP contribution is -2.33. The van der Waals surface area contributed by atoms with Crippen LogP contribution >= 0.6 is 15.9 Å². The van der Waals surface area contributed by atoms with E-state index < -0.39 is 23.2 Å². The van der Waals surface area contributed by atoms with Crippen LogP contribution < -0.4 is 5.56 Å². The van der Waals surface area contributed by atoms with Crippen LogP contribution in [-0.4, -0.2) is 16.4 Å². The van der Waals surface area contributed by atoms with E-state index in [-0.39, 0.29) is 15.4 Å². The second kappa shape index (κ2) is 4.26. The molecule has 3 nitrogen and oxygen atoms in total. The van der Waals surface area contributed by atoms with Crippen LogP contribution in [0, 0.1) is 0 Å². The molecule has 0 radical (unpaired) electrons. The van der Waals surface area contributed by atoms with Crippen molar-refractivity contribution < 1.29 is 22.0 Å². The van der Waals surface area contributed by atoms with Gasteiger partial charge in [0.2, 0.25) is 0 Å². The highest BCUT2D eigenvalue weighted by Crippen LogP contribution is 2.44. The van der Waals surface area contributed by atoms with Crippen molar-refractivity contribution in [2.45, 2.75) is 12.1 Å². The molecular weight excluding hydrogens is 339 g/mol. The Labute approximate surface area is 110 Å². The maximum absolute atomic E-state index is 13.2. The highest BCUT2D eigenvalue weighted by atomic mass is 79.9. The monoisotopic (exact) mass is 342 g/mol. The molecular formula is C10H4BrF5N2O. The van der Waals surface area contributed by atoms with Crippen molar-refractivity contribution in [3.63, 3.8) is 0 Å². The minimum atomic E-state index is -5.71. The first-order valence-electron chi connectivity index (χ1n) is 4.77. The molecule has 2 aromatic rings. The molecule has 0 aliphatic heterocycles. The van der Waals surface area contributed by atoms with Gasteiger partial charge in [-0.15, -0.1) is 0 Å². The van der Waals surface area contributed by atoms with Crippen LogP contribution in [0.4, 0.5) is 22.0 Å². The van der Waals surface area contributed by atoms with Crippen LogP contribution in [0.25, 0.3) is 10.8 Å². The first kappa shape index (κ1) is 13.9. The Bertz CT molecular complexity index is 694. The molecule has 19 heavy (non-hydrogen) atoms. The molecule has 9 heteroatoms. The lowest BCUT2D eigenvalue weighted by Gasteiger charge is -2.20. The average molecular weight is 343 g/mol. The number of rotatable bonds is 1. The Morgan fingerprint density at radius 3 is 2.32 bits per heavy atom. The maximum atomic E-state index is 13.2. The van der Waals surface area contributed by atoms with E-state index in [1.807, 2.05) is 0 Å². The molecule has 0 saturated heterocycles. The second-order valence-electron chi connectivity index (χ2n) is 3.68. The molecule has 0 unspecified atom stereocenters. The van der Waals surface area contributed by atoms with Crippen molar-refractivity contribution in [3.8, 4) is 0 Å². The summed E-state index contributed by atoms with van der Waals surface area (Å²) >= 11 is 2.87. The Morgan fingerprint density at radius 2 is 1.74 bits per heavy atom. The number of aromatic nitrogens is 2. The number of hydrogen-bond donors (Lipinski definition) is 1. The van der Waals surface area contributed by atoms with Gasteiger partial charge < -0.3 is 0 Å². The van der Waals surface area contributed by atoms with Crippen molar-refractivity contribution >= 4 is 26.7 Å². The zero-order chi connectivity index (χ0) is 14.4. The standard InChI is InChI=1S/C10H4BrF5N2O/c11-7-6-3-4(9(12,13)10(14,15)16)1-2-5(6)8(19)18-17-7/h1-3H,(H,18,19). The number of halogens is 6. The van der Waals surface area contributed by atoms with Crippen LogP contribution in [0.3, 0.4) is 0 Å². The quantitative estimate of drug-likeness (QED) is 0.808. The minimum Gasteiger partial charge on any atom is -0.267 e. The molecule has 0 spiro atoms. The predicted octanol–water partition coefficient (Wildman–Crippen LogP) is 3.34. The third kappa shape index (κ3) is 2.22. The van der Waals surface area contributed by atoms with E-state index in [0.717, 1.165) is 6.07 Å². The Hall–Kier alpha value is -1.51. The summed E-state index contributed by atoms with van der Waals surface area (Å²) in [6.07, 6.45) is -5.71. The summed E-state index contributed by atoms with van der Waals surface area (Å²) in [6, 6.07) is 2.06. The summed E-state index contributed by atoms with van der Waals surface area (Å²) in [5.41, 5.74) is -1.93. The molecule has 1 aromatic heterocycles. The fourth-order valence-electron chi connectivity index (χ4n) is 1.49. The average Bonchev–Trinajstić information content (AvgIpc) is 2.32. The second-order valence-corrected chi connectivity index (χ2v) is 4.43. The van der Waals surface area contributed by atoms with E-state index in [1.165, 1.54) is 0 Å². The van der Waals surface area contributed by atoms with Crippen molar-refractivity contribution in [2.24, 2.45) is 0 Å². The molecule has 1 heterocycles. The molecule has 0 aliphatic carbocycles. The van der Waals surface area contributed by atoms with Crippen molar-refractivity contribution in [1.29, 1.82) is 0 Å². The lowest BCUT2D eigenvalue weighted by molar-refractivity contribution is -0.289. The zero-order valence-electron chi connectivity index (χ0n) is 8.86. The zero-order valence-corrected chi connectivity index (χ0v) is 10.4. The van der Waals surface area contributed by atoms with E-state index in [2.05, 4.69) is 26.1 Å². The first-order valence-corrected chi connectivity index (χ1v) is 5.57. The van der Waals surface area contributed by atoms with Crippen LogP contribution in [0.1, 0.15) is 5.56 Å². The van der Waals surface area contributed by atoms with Crippen molar-refractivity contribution in [3.05, 3.63) is 38.7 Å². The predicted molar refractivity (Wildman–Crippen MR) is 60.0 cm³/mol. The first-order chi connectivity index (χ1) is 8.64. The SMILES string of the molecule is O=c1[nH]nc(Br)c2cc(C(F)(F)C(F)(F)F)ccc12. The summed E-state index contributed by atoms with van der Waals surface area (Å²) in [7, 11) is 0. The van der Waals surface area contributed by atoms with Crippen molar-refractivity contribution in [1.82, 2.24) is 10.2 Å². The minimum absolute atomic E-state index is 0.0260. The summed E-state index contributed by atoms with van der Waals surface area (Å²) in [6.45, 7) is 0. The van der Waals surface area contributed by atoms with Gasteiger partial charge in [-0.2, -0.15) is 27.1 Å². The molecule has 0 aliphatic rings. The highest BCUT2D eigenvalue weighted by molar-refractivity contribution is 9.10. The maximum Gasteiger partial charge on any atom is 0.458 e. The topological polar surface area (TPSA) is 45.8 Å². The third-order valence-corrected chi connectivity index (χ3v) is 3.07. The highest BCUT2D eigenvalue weighted by Gasteiger charge is 2.58. The van der Waals surface area contributed by atoms with Gasteiger partial charge in [-0.25, -0.2) is 5.10 Å². The van der Waals surface area contributed by atoms with Crippen LogP contribution in [0.2, 0.25) is 0 Å². The molecule has 0 amide bonds. The van der Waals surface area contributed by atoms with Gasteiger partial charge in [-0.3, -0.25) is 4.79 Å². The Kier molecular flexibility index (Phi) is 3.12. The normalized spacial score (nSPS) is 12.9. The van der Waals surface area contributed by atoms with Gasteiger partial charge in [-0.05, 0) is 28.1 Å². The van der Waals surface area contributed by atoms with Gasteiger partial charge in [0.05, 0.1) is 5.39 Å². The van der Waals surface area contributed by atoms with E-state index in [9.17, 15) is 26.7 Å². The summed E-state index contributed by atoms with van der Waals surface area (Å²) < 4.78 is 63.1. The number of benzene rings is 1. The van der Waals surface area contributed by atoms with Crippen molar-refractivity contribution in [2.75, 3.05) is 0 Å². The number of hydrogen-bond acceptors (Lipinski definition) is 2. The molecule has 0 saturated carbocycles. The summed E-state index contributed by atoms with van der Waals surface area (Å²) in [5, 5.41) is 5.36. The number of fused-ring (bicyclic) bond motifs is 1. The molecule has 0 fully saturated rings. The Morgan fingerprint density at radius 1 is 1.11 bits per heavy atom. The number of alkyl halides is 5. The van der Waals surface area contributed by atoms with E-state index in [4.69, 9.17) is 0 Å². The lowest BCUT2D eigenvalue weighted by atomic mass is 10.0. The molecule has 1 aromatic carbocycles. The smallest absolute Gasteiger partial charge is 0.267 e. The number of aromatic amines is 1. The molecule has 1 N–H and O–H groups in total. The van der Waals surface area contributed by atoms with Gasteiger partial charge >= 0.3 is 12.1 Å². The number of nitrogens with one attached hydrogen (secondary N) is 1. The van der Waals surface area contributed by atoms with Crippen LogP contribution in [0.15, 0.2) is 27.6 Å². The fraction of sp³-hybridized carbons (Fsp3) is 0.200.